The molecule has 0 unspecified atom stereocenters. The number of hydrogen-bond donors (Lipinski definition) is 2. The Balaban J connectivity index is 2.66. The van der Waals surface area contributed by atoms with E-state index >= 15 is 0 Å². The van der Waals surface area contributed by atoms with Gasteiger partial charge >= 0.3 is 0 Å². The number of benzene rings is 1. The Morgan fingerprint density at radius 2 is 2.15 bits per heavy atom. The quantitative estimate of drug-likeness (QED) is 0.415. The maximum Gasteiger partial charge on any atom is 0.296 e. The molecule has 0 aliphatic rings. The van der Waals surface area contributed by atoms with Crippen molar-refractivity contribution < 1.29 is 19.2 Å². The Kier molecular flexibility index (Phi) is 6.41. The number of nitro groups is 1. The average molecular weight is 283 g/mol. The molecule has 0 heterocycles. The highest BCUT2D eigenvalue weighted by atomic mass is 16.6. The molecule has 0 spiro atoms. The molecule has 0 aliphatic carbocycles. The van der Waals surface area contributed by atoms with Crippen LogP contribution in [0, 0.1) is 10.1 Å². The van der Waals surface area contributed by atoms with Gasteiger partial charge in [0.25, 0.3) is 5.69 Å². The predicted molar refractivity (Wildman–Crippen MR) is 73.0 cm³/mol. The van der Waals surface area contributed by atoms with Crippen LogP contribution in [0.5, 0.6) is 5.75 Å². The summed E-state index contributed by atoms with van der Waals surface area (Å²) in [5.74, 6) is -0.0118. The van der Waals surface area contributed by atoms with E-state index < -0.39 is 4.92 Å². The number of nitrogens with zero attached hydrogens (tertiary/aromatic N) is 1. The fourth-order valence-electron chi connectivity index (χ4n) is 1.47. The van der Waals surface area contributed by atoms with E-state index in [1.807, 2.05) is 0 Å². The second-order valence-electron chi connectivity index (χ2n) is 3.86. The Bertz CT molecular complexity index is 478. The lowest BCUT2D eigenvalue weighted by Crippen LogP contribution is -2.30. The lowest BCUT2D eigenvalue weighted by atomic mass is 10.2. The highest BCUT2D eigenvalue weighted by Crippen LogP contribution is 2.28. The molecule has 1 amide bonds. The van der Waals surface area contributed by atoms with Crippen LogP contribution in [-0.2, 0) is 9.53 Å². The smallest absolute Gasteiger partial charge is 0.296 e. The first kappa shape index (κ1) is 15.9. The van der Waals surface area contributed by atoms with Crippen LogP contribution < -0.4 is 15.4 Å². The molecule has 110 valence electrons. The van der Waals surface area contributed by atoms with Crippen LogP contribution >= 0.6 is 0 Å². The van der Waals surface area contributed by atoms with Gasteiger partial charge in [0, 0.05) is 13.7 Å². The molecular formula is C12H17N3O5. The summed E-state index contributed by atoms with van der Waals surface area (Å²) in [6, 6.07) is 4.24. The highest BCUT2D eigenvalue weighted by molar-refractivity contribution is 5.94. The molecule has 0 aliphatic heterocycles. The molecule has 0 saturated heterocycles. The summed E-state index contributed by atoms with van der Waals surface area (Å²) in [7, 11) is 2.97. The molecule has 0 fully saturated rings. The van der Waals surface area contributed by atoms with Crippen molar-refractivity contribution in [2.24, 2.45) is 0 Å². The van der Waals surface area contributed by atoms with Gasteiger partial charge in [-0.15, -0.1) is 0 Å². The fraction of sp³-hybridized carbons (Fsp3) is 0.417. The normalized spacial score (nSPS) is 10.1. The van der Waals surface area contributed by atoms with Gasteiger partial charge in [0.1, 0.15) is 11.4 Å². The van der Waals surface area contributed by atoms with Crippen LogP contribution in [0.4, 0.5) is 11.4 Å². The summed E-state index contributed by atoms with van der Waals surface area (Å²) in [5.41, 5.74) is -0.0797. The van der Waals surface area contributed by atoms with Gasteiger partial charge < -0.3 is 20.1 Å². The lowest BCUT2D eigenvalue weighted by molar-refractivity contribution is -0.384. The molecule has 20 heavy (non-hydrogen) atoms. The highest BCUT2D eigenvalue weighted by Gasteiger charge is 2.16. The molecule has 8 nitrogen and oxygen atoms in total. The SMILES string of the molecule is COCCNCC(=O)Nc1ccc(OC)cc1[N+](=O)[O-]. The first-order chi connectivity index (χ1) is 9.58. The molecular weight excluding hydrogens is 266 g/mol. The second-order valence-corrected chi connectivity index (χ2v) is 3.86. The first-order valence-electron chi connectivity index (χ1n) is 5.90. The number of rotatable bonds is 8. The van der Waals surface area contributed by atoms with Gasteiger partial charge in [-0.05, 0) is 12.1 Å². The molecule has 1 rings (SSSR count). The van der Waals surface area contributed by atoms with Crippen LogP contribution in [0.15, 0.2) is 18.2 Å². The third kappa shape index (κ3) is 4.82. The maximum absolute atomic E-state index is 11.6. The average Bonchev–Trinajstić information content (AvgIpc) is 2.43. The molecule has 1 aromatic carbocycles. The number of nitrogens with one attached hydrogen (secondary N) is 2. The van der Waals surface area contributed by atoms with Crippen LogP contribution in [0.2, 0.25) is 0 Å². The van der Waals surface area contributed by atoms with Gasteiger partial charge in [0.05, 0.1) is 31.3 Å². The first-order valence-corrected chi connectivity index (χ1v) is 5.90. The van der Waals surface area contributed by atoms with Gasteiger partial charge in [0.2, 0.25) is 5.91 Å². The van der Waals surface area contributed by atoms with Gasteiger partial charge in [-0.25, -0.2) is 0 Å². The Morgan fingerprint density at radius 3 is 2.75 bits per heavy atom. The van der Waals surface area contributed by atoms with Crippen molar-refractivity contribution in [1.29, 1.82) is 0 Å². The topological polar surface area (TPSA) is 103 Å². The van der Waals surface area contributed by atoms with Crippen LogP contribution in [0.25, 0.3) is 0 Å². The van der Waals surface area contributed by atoms with Gasteiger partial charge in [-0.2, -0.15) is 0 Å². The van der Waals surface area contributed by atoms with Gasteiger partial charge in [0.15, 0.2) is 0 Å². The molecule has 8 heteroatoms. The standard InChI is InChI=1S/C12H17N3O5/c1-19-6-5-13-8-12(16)14-10-4-3-9(20-2)7-11(10)15(17)18/h3-4,7,13H,5-6,8H2,1-2H3,(H,14,16). The van der Waals surface area contributed by atoms with Crippen LogP contribution in [-0.4, -0.2) is 44.7 Å². The van der Waals surface area contributed by atoms with Crippen molar-refractivity contribution in [3.8, 4) is 5.75 Å². The van der Waals surface area contributed by atoms with E-state index in [-0.39, 0.29) is 23.8 Å². The zero-order chi connectivity index (χ0) is 15.0. The largest absolute Gasteiger partial charge is 0.496 e. The summed E-state index contributed by atoms with van der Waals surface area (Å²) in [6.45, 7) is 1.05. The number of nitro benzene ring substituents is 1. The van der Waals surface area contributed by atoms with E-state index in [0.717, 1.165) is 0 Å². The number of methoxy groups -OCH3 is 2. The van der Waals surface area contributed by atoms with Crippen molar-refractivity contribution in [2.75, 3.05) is 39.2 Å². The summed E-state index contributed by atoms with van der Waals surface area (Å²) in [6.07, 6.45) is 0. The number of hydrogen-bond acceptors (Lipinski definition) is 6. The Hall–Kier alpha value is -2.19. The molecule has 0 saturated carbocycles. The van der Waals surface area contributed by atoms with E-state index in [0.29, 0.717) is 18.9 Å². The second kappa shape index (κ2) is 8.08. The minimum absolute atomic E-state index is 0.0482. The van der Waals surface area contributed by atoms with Crippen molar-refractivity contribution in [2.45, 2.75) is 0 Å². The van der Waals surface area contributed by atoms with E-state index in [2.05, 4.69) is 10.6 Å². The van der Waals surface area contributed by atoms with E-state index in [1.54, 1.807) is 13.2 Å². The summed E-state index contributed by atoms with van der Waals surface area (Å²) < 4.78 is 9.73. The van der Waals surface area contributed by atoms with Crippen molar-refractivity contribution in [3.05, 3.63) is 28.3 Å². The zero-order valence-electron chi connectivity index (χ0n) is 11.3. The minimum atomic E-state index is -0.573. The molecule has 0 atom stereocenters. The zero-order valence-corrected chi connectivity index (χ0v) is 11.3. The number of anilines is 1. The van der Waals surface area contributed by atoms with E-state index in [9.17, 15) is 14.9 Å². The lowest BCUT2D eigenvalue weighted by Gasteiger charge is -2.08. The van der Waals surface area contributed by atoms with Crippen LogP contribution in [0.1, 0.15) is 0 Å². The van der Waals surface area contributed by atoms with Gasteiger partial charge in [-0.1, -0.05) is 0 Å². The monoisotopic (exact) mass is 283 g/mol. The summed E-state index contributed by atoms with van der Waals surface area (Å²) >= 11 is 0. The molecule has 0 radical (unpaired) electrons. The number of carbonyl (C=O) groups is 1. The van der Waals surface area contributed by atoms with Crippen molar-refractivity contribution >= 4 is 17.3 Å². The predicted octanol–water partition coefficient (Wildman–Crippen LogP) is 0.778. The summed E-state index contributed by atoms with van der Waals surface area (Å²) in [5, 5.41) is 16.3. The van der Waals surface area contributed by atoms with E-state index in [1.165, 1.54) is 19.2 Å². The van der Waals surface area contributed by atoms with Crippen molar-refractivity contribution in [1.82, 2.24) is 5.32 Å². The minimum Gasteiger partial charge on any atom is -0.496 e. The third-order valence-corrected chi connectivity index (χ3v) is 2.44. The molecule has 0 bridgehead atoms. The van der Waals surface area contributed by atoms with Crippen LogP contribution in [0.3, 0.4) is 0 Å². The van der Waals surface area contributed by atoms with E-state index in [4.69, 9.17) is 9.47 Å². The number of amides is 1. The molecule has 0 aromatic heterocycles. The third-order valence-electron chi connectivity index (χ3n) is 2.44. The fourth-order valence-corrected chi connectivity index (χ4v) is 1.47. The number of carbonyl (C=O) groups excluding carboxylic acids is 1. The van der Waals surface area contributed by atoms with Gasteiger partial charge in [-0.3, -0.25) is 14.9 Å². The molecule has 1 aromatic rings. The molecule has 2 N–H and O–H groups in total. The Labute approximate surface area is 116 Å². The maximum atomic E-state index is 11.6. The Morgan fingerprint density at radius 1 is 1.40 bits per heavy atom. The summed E-state index contributed by atoms with van der Waals surface area (Å²) in [4.78, 5) is 22.0. The number of ether oxygens (including phenoxy) is 2. The van der Waals surface area contributed by atoms with Crippen molar-refractivity contribution in [3.63, 3.8) is 0 Å².